The van der Waals surface area contributed by atoms with Gasteiger partial charge in [0.2, 0.25) is 0 Å². The number of nitrogens with zero attached hydrogens (tertiary/aromatic N) is 2. The molecule has 19 heavy (non-hydrogen) atoms. The van der Waals surface area contributed by atoms with E-state index in [4.69, 9.17) is 0 Å². The van der Waals surface area contributed by atoms with Crippen LogP contribution in [0.2, 0.25) is 0 Å². The smallest absolute Gasteiger partial charge is 0.0510 e. The van der Waals surface area contributed by atoms with Crippen LogP contribution in [0.15, 0.2) is 36.7 Å². The molecule has 0 aliphatic rings. The molecule has 1 atom stereocenters. The summed E-state index contributed by atoms with van der Waals surface area (Å²) in [5.41, 5.74) is 4.64. The summed E-state index contributed by atoms with van der Waals surface area (Å²) < 4.78 is 0. The van der Waals surface area contributed by atoms with Gasteiger partial charge in [-0.05, 0) is 31.4 Å². The predicted molar refractivity (Wildman–Crippen MR) is 82.3 cm³/mol. The molecule has 2 rings (SSSR count). The fourth-order valence-electron chi connectivity index (χ4n) is 2.00. The Morgan fingerprint density at radius 3 is 2.16 bits per heavy atom. The highest BCUT2D eigenvalue weighted by atomic mass is 14.7. The maximum atomic E-state index is 4.54. The van der Waals surface area contributed by atoms with E-state index in [0.29, 0.717) is 5.92 Å². The minimum absolute atomic E-state index is 0.478. The van der Waals surface area contributed by atoms with Crippen molar-refractivity contribution in [3.8, 4) is 11.1 Å². The largest absolute Gasteiger partial charge is 0.261 e. The van der Waals surface area contributed by atoms with Crippen LogP contribution in [0.1, 0.15) is 51.4 Å². The molecule has 2 aromatic rings. The number of hydrogen-bond donors (Lipinski definition) is 0. The van der Waals surface area contributed by atoms with E-state index in [1.807, 2.05) is 45.3 Å². The van der Waals surface area contributed by atoms with Crippen LogP contribution >= 0.6 is 0 Å². The van der Waals surface area contributed by atoms with Crippen LogP contribution in [0, 0.1) is 6.92 Å². The van der Waals surface area contributed by atoms with E-state index in [9.17, 15) is 0 Å². The fourth-order valence-corrected chi connectivity index (χ4v) is 2.00. The van der Waals surface area contributed by atoms with Gasteiger partial charge in [0.15, 0.2) is 0 Å². The van der Waals surface area contributed by atoms with E-state index in [1.165, 1.54) is 16.8 Å². The van der Waals surface area contributed by atoms with Crippen molar-refractivity contribution in [1.29, 1.82) is 0 Å². The highest BCUT2D eigenvalue weighted by Crippen LogP contribution is 2.30. The van der Waals surface area contributed by atoms with Gasteiger partial charge in [0.1, 0.15) is 0 Å². The summed E-state index contributed by atoms with van der Waals surface area (Å²) in [5, 5.41) is 0. The first-order valence-electron chi connectivity index (χ1n) is 7.11. The third kappa shape index (κ3) is 3.63. The Morgan fingerprint density at radius 2 is 1.58 bits per heavy atom. The SMILES string of the molecule is CC.CCC(C)c1ncccc1-c1cccnc1C. The second-order valence-electron chi connectivity index (χ2n) is 4.38. The van der Waals surface area contributed by atoms with E-state index in [-0.39, 0.29) is 0 Å². The van der Waals surface area contributed by atoms with E-state index >= 15 is 0 Å². The molecule has 2 heteroatoms. The zero-order chi connectivity index (χ0) is 14.3. The first-order chi connectivity index (χ1) is 9.24. The molecule has 0 radical (unpaired) electrons. The summed E-state index contributed by atoms with van der Waals surface area (Å²) in [6.07, 6.45) is 4.80. The summed E-state index contributed by atoms with van der Waals surface area (Å²) in [4.78, 5) is 8.89. The third-order valence-electron chi connectivity index (χ3n) is 3.21. The van der Waals surface area contributed by atoms with Gasteiger partial charge in [-0.1, -0.05) is 39.8 Å². The topological polar surface area (TPSA) is 25.8 Å². The van der Waals surface area contributed by atoms with Crippen molar-refractivity contribution in [3.63, 3.8) is 0 Å². The van der Waals surface area contributed by atoms with Gasteiger partial charge in [-0.15, -0.1) is 0 Å². The third-order valence-corrected chi connectivity index (χ3v) is 3.21. The molecule has 2 heterocycles. The van der Waals surface area contributed by atoms with Crippen molar-refractivity contribution in [3.05, 3.63) is 48.0 Å². The molecule has 0 fully saturated rings. The lowest BCUT2D eigenvalue weighted by atomic mass is 9.94. The van der Waals surface area contributed by atoms with Gasteiger partial charge in [-0.2, -0.15) is 0 Å². The Balaban J connectivity index is 0.000000861. The molecule has 0 amide bonds. The highest BCUT2D eigenvalue weighted by Gasteiger charge is 2.13. The Morgan fingerprint density at radius 1 is 1.00 bits per heavy atom. The zero-order valence-corrected chi connectivity index (χ0v) is 12.6. The van der Waals surface area contributed by atoms with Gasteiger partial charge in [0, 0.05) is 29.2 Å². The van der Waals surface area contributed by atoms with E-state index in [1.54, 1.807) is 0 Å². The molecule has 0 saturated heterocycles. The highest BCUT2D eigenvalue weighted by molar-refractivity contribution is 5.68. The maximum absolute atomic E-state index is 4.54. The molecule has 0 saturated carbocycles. The average molecular weight is 256 g/mol. The van der Waals surface area contributed by atoms with Crippen molar-refractivity contribution in [2.45, 2.75) is 47.0 Å². The molecular weight excluding hydrogens is 232 g/mol. The second-order valence-corrected chi connectivity index (χ2v) is 4.38. The molecule has 1 unspecified atom stereocenters. The van der Waals surface area contributed by atoms with Gasteiger partial charge in [-0.3, -0.25) is 9.97 Å². The molecule has 2 aromatic heterocycles. The Bertz CT molecular complexity index is 506. The van der Waals surface area contributed by atoms with Crippen LogP contribution in [-0.2, 0) is 0 Å². The zero-order valence-electron chi connectivity index (χ0n) is 12.6. The lowest BCUT2D eigenvalue weighted by Gasteiger charge is -2.14. The predicted octanol–water partition coefficient (Wildman–Crippen LogP) is 4.99. The van der Waals surface area contributed by atoms with Gasteiger partial charge in [-0.25, -0.2) is 0 Å². The van der Waals surface area contributed by atoms with Gasteiger partial charge in [0.05, 0.1) is 5.69 Å². The van der Waals surface area contributed by atoms with Crippen LogP contribution < -0.4 is 0 Å². The molecule has 0 aliphatic heterocycles. The molecule has 0 aromatic carbocycles. The second kappa shape index (κ2) is 7.67. The molecule has 102 valence electrons. The molecule has 0 spiro atoms. The van der Waals surface area contributed by atoms with Crippen LogP contribution in [0.25, 0.3) is 11.1 Å². The number of aryl methyl sites for hydroxylation is 1. The van der Waals surface area contributed by atoms with Crippen molar-refractivity contribution in [2.75, 3.05) is 0 Å². The summed E-state index contributed by atoms with van der Waals surface area (Å²) in [5.74, 6) is 0.478. The van der Waals surface area contributed by atoms with E-state index < -0.39 is 0 Å². The average Bonchev–Trinajstić information content (AvgIpc) is 2.49. The number of pyridine rings is 2. The Labute approximate surface area is 116 Å². The van der Waals surface area contributed by atoms with Crippen molar-refractivity contribution >= 4 is 0 Å². The van der Waals surface area contributed by atoms with Crippen molar-refractivity contribution in [2.24, 2.45) is 0 Å². The lowest BCUT2D eigenvalue weighted by molar-refractivity contribution is 0.710. The maximum Gasteiger partial charge on any atom is 0.0510 e. The summed E-state index contributed by atoms with van der Waals surface area (Å²) >= 11 is 0. The minimum atomic E-state index is 0.478. The van der Waals surface area contributed by atoms with Crippen molar-refractivity contribution in [1.82, 2.24) is 9.97 Å². The molecule has 0 bridgehead atoms. The number of hydrogen-bond acceptors (Lipinski definition) is 2. The summed E-state index contributed by atoms with van der Waals surface area (Å²) in [6.45, 7) is 10.5. The van der Waals surface area contributed by atoms with Crippen LogP contribution in [0.5, 0.6) is 0 Å². The quantitative estimate of drug-likeness (QED) is 0.773. The summed E-state index contributed by atoms with van der Waals surface area (Å²) in [7, 11) is 0. The van der Waals surface area contributed by atoms with Crippen LogP contribution in [0.4, 0.5) is 0 Å². The fraction of sp³-hybridized carbons (Fsp3) is 0.412. The Kier molecular flexibility index (Phi) is 6.20. The number of aromatic nitrogens is 2. The van der Waals surface area contributed by atoms with Gasteiger partial charge < -0.3 is 0 Å². The lowest BCUT2D eigenvalue weighted by Crippen LogP contribution is -2.00. The van der Waals surface area contributed by atoms with E-state index in [2.05, 4.69) is 35.9 Å². The summed E-state index contributed by atoms with van der Waals surface area (Å²) in [6, 6.07) is 8.23. The molecule has 0 N–H and O–H groups in total. The number of rotatable bonds is 3. The minimum Gasteiger partial charge on any atom is -0.261 e. The van der Waals surface area contributed by atoms with Crippen LogP contribution in [-0.4, -0.2) is 9.97 Å². The van der Waals surface area contributed by atoms with Crippen molar-refractivity contribution < 1.29 is 0 Å². The Hall–Kier alpha value is -1.70. The first kappa shape index (κ1) is 15.4. The van der Waals surface area contributed by atoms with Crippen LogP contribution in [0.3, 0.4) is 0 Å². The molecule has 2 nitrogen and oxygen atoms in total. The first-order valence-corrected chi connectivity index (χ1v) is 7.11. The monoisotopic (exact) mass is 256 g/mol. The normalized spacial score (nSPS) is 11.4. The standard InChI is InChI=1S/C15H18N2.C2H6/c1-4-11(2)15-14(8-6-10-17-15)13-7-5-9-16-12(13)3;1-2/h5-11H,4H2,1-3H3;1-2H3. The van der Waals surface area contributed by atoms with Gasteiger partial charge >= 0.3 is 0 Å². The van der Waals surface area contributed by atoms with Gasteiger partial charge in [0.25, 0.3) is 0 Å². The molecular formula is C17H24N2. The molecule has 0 aliphatic carbocycles. The van der Waals surface area contributed by atoms with E-state index in [0.717, 1.165) is 12.1 Å².